The molecule has 3 heterocycles. The van der Waals surface area contributed by atoms with Gasteiger partial charge in [-0.2, -0.15) is 0 Å². The quantitative estimate of drug-likeness (QED) is 0.639. The highest BCUT2D eigenvalue weighted by atomic mass is 16.6. The van der Waals surface area contributed by atoms with E-state index in [4.69, 9.17) is 9.47 Å². The number of rotatable bonds is 5. The summed E-state index contributed by atoms with van der Waals surface area (Å²) in [5.41, 5.74) is 0.531. The van der Waals surface area contributed by atoms with Gasteiger partial charge in [0.15, 0.2) is 11.5 Å². The van der Waals surface area contributed by atoms with Gasteiger partial charge in [-0.1, -0.05) is 12.1 Å². The molecule has 8 heteroatoms. The number of pyridine rings is 1. The van der Waals surface area contributed by atoms with Gasteiger partial charge in [0.25, 0.3) is 0 Å². The average Bonchev–Trinajstić information content (AvgIpc) is 2.68. The number of anilines is 1. The van der Waals surface area contributed by atoms with Crippen molar-refractivity contribution in [3.05, 3.63) is 52.8 Å². The molecular weight excluding hydrogens is 348 g/mol. The molecule has 0 bridgehead atoms. The smallest absolute Gasteiger partial charge is 0.310 e. The number of aromatic nitrogens is 1. The number of hydrogen-bond donors (Lipinski definition) is 1. The largest absolute Gasteiger partial charge is 0.486 e. The fourth-order valence-corrected chi connectivity index (χ4v) is 3.65. The van der Waals surface area contributed by atoms with Gasteiger partial charge < -0.3 is 14.8 Å². The first-order valence-corrected chi connectivity index (χ1v) is 9.15. The van der Waals surface area contributed by atoms with E-state index in [1.165, 1.54) is 6.20 Å². The average molecular weight is 370 g/mol. The summed E-state index contributed by atoms with van der Waals surface area (Å²) in [6.45, 7) is 3.09. The fraction of sp³-hybridized carbons (Fsp3) is 0.421. The molecule has 8 nitrogen and oxygen atoms in total. The molecule has 2 aliphatic heterocycles. The normalized spacial score (nSPS) is 22.2. The maximum atomic E-state index is 11.2. The van der Waals surface area contributed by atoms with E-state index in [1.54, 1.807) is 12.3 Å². The lowest BCUT2D eigenvalue weighted by Gasteiger charge is -2.36. The van der Waals surface area contributed by atoms with Gasteiger partial charge in [0, 0.05) is 25.3 Å². The lowest BCUT2D eigenvalue weighted by Crippen LogP contribution is -2.48. The van der Waals surface area contributed by atoms with Crippen molar-refractivity contribution in [3.63, 3.8) is 0 Å². The van der Waals surface area contributed by atoms with Crippen LogP contribution in [0.3, 0.4) is 0 Å². The van der Waals surface area contributed by atoms with Gasteiger partial charge in [0.2, 0.25) is 0 Å². The Hall–Kier alpha value is -2.87. The molecule has 1 N–H and O–H groups in total. The Morgan fingerprint density at radius 1 is 1.30 bits per heavy atom. The highest BCUT2D eigenvalue weighted by Crippen LogP contribution is 2.31. The van der Waals surface area contributed by atoms with Crippen LogP contribution in [0.2, 0.25) is 0 Å². The lowest BCUT2D eigenvalue weighted by atomic mass is 10.0. The van der Waals surface area contributed by atoms with E-state index >= 15 is 0 Å². The number of nitrogens with one attached hydrogen (secondary N) is 1. The van der Waals surface area contributed by atoms with E-state index in [1.807, 2.05) is 24.3 Å². The van der Waals surface area contributed by atoms with Crippen molar-refractivity contribution < 1.29 is 14.4 Å². The molecule has 0 saturated carbocycles. The summed E-state index contributed by atoms with van der Waals surface area (Å²) < 4.78 is 11.8. The summed E-state index contributed by atoms with van der Waals surface area (Å²) in [4.78, 5) is 17.0. The van der Waals surface area contributed by atoms with Crippen molar-refractivity contribution >= 4 is 11.4 Å². The van der Waals surface area contributed by atoms with Crippen molar-refractivity contribution in [1.29, 1.82) is 0 Å². The highest BCUT2D eigenvalue weighted by molar-refractivity contribution is 5.60. The van der Waals surface area contributed by atoms with Crippen LogP contribution in [-0.4, -0.2) is 53.2 Å². The van der Waals surface area contributed by atoms with Gasteiger partial charge in [0.05, 0.1) is 4.92 Å². The van der Waals surface area contributed by atoms with Crippen molar-refractivity contribution in [2.75, 3.05) is 31.6 Å². The Labute approximate surface area is 157 Å². The third-order valence-electron chi connectivity index (χ3n) is 4.89. The summed E-state index contributed by atoms with van der Waals surface area (Å²) >= 11 is 0. The summed E-state index contributed by atoms with van der Waals surface area (Å²) in [6.07, 6.45) is 4.84. The van der Waals surface area contributed by atoms with Crippen molar-refractivity contribution in [2.45, 2.75) is 25.0 Å². The van der Waals surface area contributed by atoms with Gasteiger partial charge >= 0.3 is 5.69 Å². The van der Waals surface area contributed by atoms with E-state index in [0.717, 1.165) is 44.0 Å². The zero-order valence-corrected chi connectivity index (χ0v) is 14.9. The number of para-hydroxylation sites is 2. The first-order valence-electron chi connectivity index (χ1n) is 9.15. The molecule has 27 heavy (non-hydrogen) atoms. The van der Waals surface area contributed by atoms with Gasteiger partial charge in [-0.3, -0.25) is 20.0 Å². The van der Waals surface area contributed by atoms with Crippen LogP contribution >= 0.6 is 0 Å². The minimum absolute atomic E-state index is 0.00949. The zero-order valence-electron chi connectivity index (χ0n) is 14.9. The summed E-state index contributed by atoms with van der Waals surface area (Å²) in [5.74, 6) is 1.57. The number of ether oxygens (including phenoxy) is 2. The molecule has 1 aromatic heterocycles. The number of piperidine rings is 1. The molecule has 142 valence electrons. The standard InChI is InChI=1S/C19H22N4O4/c24-23(25)17-10-20-8-7-16(17)21-14-4-3-9-22(11-14)12-15-13-26-18-5-1-2-6-19(18)27-15/h1-2,5-8,10,14-15H,3-4,9,11-13H2,(H,20,21). The van der Waals surface area contributed by atoms with Crippen molar-refractivity contribution in [1.82, 2.24) is 9.88 Å². The number of nitro groups is 1. The molecule has 2 aliphatic rings. The van der Waals surface area contributed by atoms with Crippen LogP contribution in [0.5, 0.6) is 11.5 Å². The van der Waals surface area contributed by atoms with E-state index in [-0.39, 0.29) is 17.8 Å². The number of likely N-dealkylation sites (tertiary alicyclic amines) is 1. The topological polar surface area (TPSA) is 89.8 Å². The van der Waals surface area contributed by atoms with Crippen LogP contribution in [0.15, 0.2) is 42.7 Å². The monoisotopic (exact) mass is 370 g/mol. The molecule has 0 radical (unpaired) electrons. The predicted molar refractivity (Wildman–Crippen MR) is 100 cm³/mol. The Morgan fingerprint density at radius 3 is 3.00 bits per heavy atom. The van der Waals surface area contributed by atoms with E-state index in [9.17, 15) is 10.1 Å². The number of benzene rings is 1. The Balaban J connectivity index is 1.36. The molecule has 2 unspecified atom stereocenters. The van der Waals surface area contributed by atoms with Crippen molar-refractivity contribution in [2.24, 2.45) is 0 Å². The second-order valence-electron chi connectivity index (χ2n) is 6.89. The second-order valence-corrected chi connectivity index (χ2v) is 6.89. The van der Waals surface area contributed by atoms with E-state index < -0.39 is 4.92 Å². The van der Waals surface area contributed by atoms with Crippen LogP contribution in [0.25, 0.3) is 0 Å². The van der Waals surface area contributed by atoms with Gasteiger partial charge in [0.1, 0.15) is 24.6 Å². The molecule has 0 aliphatic carbocycles. The maximum Gasteiger partial charge on any atom is 0.310 e. The Kier molecular flexibility index (Phi) is 5.06. The Bertz CT molecular complexity index is 816. The lowest BCUT2D eigenvalue weighted by molar-refractivity contribution is -0.384. The van der Waals surface area contributed by atoms with Crippen molar-refractivity contribution in [3.8, 4) is 11.5 Å². The van der Waals surface area contributed by atoms with Crippen LogP contribution < -0.4 is 14.8 Å². The minimum Gasteiger partial charge on any atom is -0.486 e. The Morgan fingerprint density at radius 2 is 2.15 bits per heavy atom. The van der Waals surface area contributed by atoms with Gasteiger partial charge in [-0.15, -0.1) is 0 Å². The molecule has 2 aromatic rings. The first kappa shape index (κ1) is 17.5. The molecule has 4 rings (SSSR count). The second kappa shape index (κ2) is 7.79. The number of hydrogen-bond acceptors (Lipinski definition) is 7. The zero-order chi connectivity index (χ0) is 18.6. The molecular formula is C19H22N4O4. The molecule has 1 aromatic carbocycles. The van der Waals surface area contributed by atoms with Gasteiger partial charge in [-0.05, 0) is 37.6 Å². The third-order valence-corrected chi connectivity index (χ3v) is 4.89. The van der Waals surface area contributed by atoms with Crippen LogP contribution in [0.4, 0.5) is 11.4 Å². The minimum atomic E-state index is -0.402. The third kappa shape index (κ3) is 4.11. The summed E-state index contributed by atoms with van der Waals surface area (Å²) in [6, 6.07) is 9.51. The van der Waals surface area contributed by atoms with E-state index in [0.29, 0.717) is 12.3 Å². The van der Waals surface area contributed by atoms with Crippen LogP contribution in [-0.2, 0) is 0 Å². The molecule has 2 atom stereocenters. The number of fused-ring (bicyclic) bond motifs is 1. The summed E-state index contributed by atoms with van der Waals surface area (Å²) in [7, 11) is 0. The summed E-state index contributed by atoms with van der Waals surface area (Å²) in [5, 5.41) is 14.5. The highest BCUT2D eigenvalue weighted by Gasteiger charge is 2.27. The SMILES string of the molecule is O=[N+]([O-])c1cnccc1NC1CCCN(CC2COc3ccccc3O2)C1. The maximum absolute atomic E-state index is 11.2. The van der Waals surface area contributed by atoms with Crippen LogP contribution in [0.1, 0.15) is 12.8 Å². The molecule has 0 amide bonds. The number of nitrogens with zero attached hydrogens (tertiary/aromatic N) is 3. The first-order chi connectivity index (χ1) is 13.2. The van der Waals surface area contributed by atoms with E-state index in [2.05, 4.69) is 15.2 Å². The van der Waals surface area contributed by atoms with Gasteiger partial charge in [-0.25, -0.2) is 0 Å². The molecule has 0 spiro atoms. The molecule has 1 saturated heterocycles. The van der Waals surface area contributed by atoms with Crippen LogP contribution in [0, 0.1) is 10.1 Å². The fourth-order valence-electron chi connectivity index (χ4n) is 3.65. The predicted octanol–water partition coefficient (Wildman–Crippen LogP) is 2.71. The molecule has 1 fully saturated rings.